The quantitative estimate of drug-likeness (QED) is 0.816. The number of pyridine rings is 1. The Labute approximate surface area is 148 Å². The van der Waals surface area contributed by atoms with Gasteiger partial charge in [-0.05, 0) is 31.2 Å². The van der Waals surface area contributed by atoms with E-state index in [0.717, 1.165) is 11.8 Å². The van der Waals surface area contributed by atoms with Crippen LogP contribution in [0.15, 0.2) is 42.6 Å². The molecule has 0 saturated carbocycles. The number of rotatable bonds is 4. The Kier molecular flexibility index (Phi) is 6.44. The van der Waals surface area contributed by atoms with Crippen LogP contribution in [-0.2, 0) is 6.18 Å². The van der Waals surface area contributed by atoms with Gasteiger partial charge in [-0.2, -0.15) is 13.2 Å². The Bertz CT molecular complexity index is 809. The molecule has 0 aliphatic heterocycles. The molecule has 0 aliphatic rings. The first-order chi connectivity index (χ1) is 12.4. The molecule has 1 aromatic heterocycles. The van der Waals surface area contributed by atoms with Crippen molar-refractivity contribution in [2.24, 2.45) is 0 Å². The number of amides is 2. The number of anilines is 1. The fourth-order valence-electron chi connectivity index (χ4n) is 1.90. The van der Waals surface area contributed by atoms with Crippen molar-refractivity contribution >= 4 is 11.7 Å². The highest BCUT2D eigenvalue weighted by Gasteiger charge is 2.33. The van der Waals surface area contributed by atoms with Gasteiger partial charge in [0.1, 0.15) is 12.4 Å². The van der Waals surface area contributed by atoms with Crippen LogP contribution in [0.1, 0.15) is 11.3 Å². The van der Waals surface area contributed by atoms with E-state index in [1.54, 1.807) is 18.3 Å². The van der Waals surface area contributed by atoms with Crippen molar-refractivity contribution < 1.29 is 22.7 Å². The second-order valence-corrected chi connectivity index (χ2v) is 5.13. The zero-order valence-corrected chi connectivity index (χ0v) is 13.9. The number of ether oxygens (including phenoxy) is 1. The smallest absolute Gasteiger partial charge is 0.418 e. The summed E-state index contributed by atoms with van der Waals surface area (Å²) < 4.78 is 43.8. The summed E-state index contributed by atoms with van der Waals surface area (Å²) in [6, 6.07) is 7.51. The molecule has 0 unspecified atom stereocenters. The lowest BCUT2D eigenvalue weighted by atomic mass is 10.1. The number of carbonyl (C=O) groups excluding carboxylic acids is 1. The first-order valence-corrected chi connectivity index (χ1v) is 7.58. The molecule has 0 radical (unpaired) electrons. The molecule has 0 atom stereocenters. The van der Waals surface area contributed by atoms with Gasteiger partial charge >= 0.3 is 12.2 Å². The highest BCUT2D eigenvalue weighted by molar-refractivity contribution is 5.90. The van der Waals surface area contributed by atoms with Crippen LogP contribution in [-0.4, -0.2) is 24.2 Å². The van der Waals surface area contributed by atoms with Crippen LogP contribution in [0.2, 0.25) is 0 Å². The van der Waals surface area contributed by atoms with Gasteiger partial charge in [-0.1, -0.05) is 24.0 Å². The summed E-state index contributed by atoms with van der Waals surface area (Å²) in [5.41, 5.74) is -0.368. The third-order valence-electron chi connectivity index (χ3n) is 3.14. The van der Waals surface area contributed by atoms with E-state index in [2.05, 4.69) is 27.5 Å². The molecule has 2 aromatic rings. The Morgan fingerprint density at radius 2 is 1.96 bits per heavy atom. The Balaban J connectivity index is 1.77. The first kappa shape index (κ1) is 19.1. The lowest BCUT2D eigenvalue weighted by Crippen LogP contribution is -2.30. The van der Waals surface area contributed by atoms with E-state index in [1.165, 1.54) is 18.2 Å². The fourth-order valence-corrected chi connectivity index (χ4v) is 1.90. The van der Waals surface area contributed by atoms with Crippen molar-refractivity contribution in [3.63, 3.8) is 0 Å². The maximum atomic E-state index is 12.8. The SMILES string of the molecule is Cc1ccc(OCC#CCNC(=O)Nc2ccccc2C(F)(F)F)cn1. The number of halogens is 3. The van der Waals surface area contributed by atoms with Gasteiger partial charge in [0.25, 0.3) is 0 Å². The molecule has 2 rings (SSSR count). The Morgan fingerprint density at radius 1 is 1.19 bits per heavy atom. The molecular formula is C18H16F3N3O2. The Hall–Kier alpha value is -3.21. The summed E-state index contributed by atoms with van der Waals surface area (Å²) in [7, 11) is 0. The van der Waals surface area contributed by atoms with Crippen molar-refractivity contribution in [1.82, 2.24) is 10.3 Å². The van der Waals surface area contributed by atoms with Crippen molar-refractivity contribution in [2.75, 3.05) is 18.5 Å². The highest BCUT2D eigenvalue weighted by atomic mass is 19.4. The third-order valence-corrected chi connectivity index (χ3v) is 3.14. The van der Waals surface area contributed by atoms with E-state index in [9.17, 15) is 18.0 Å². The van der Waals surface area contributed by atoms with Crippen LogP contribution in [0.3, 0.4) is 0 Å². The number of aromatic nitrogens is 1. The predicted molar refractivity (Wildman–Crippen MR) is 90.7 cm³/mol. The van der Waals surface area contributed by atoms with Crippen LogP contribution < -0.4 is 15.4 Å². The van der Waals surface area contributed by atoms with Crippen molar-refractivity contribution in [2.45, 2.75) is 13.1 Å². The van der Waals surface area contributed by atoms with Gasteiger partial charge in [-0.25, -0.2) is 4.79 Å². The average Bonchev–Trinajstić information content (AvgIpc) is 2.59. The second kappa shape index (κ2) is 8.76. The minimum absolute atomic E-state index is 0.0322. The number of para-hydroxylation sites is 1. The molecule has 0 saturated heterocycles. The molecule has 26 heavy (non-hydrogen) atoms. The van der Waals surface area contributed by atoms with Crippen molar-refractivity contribution in [3.05, 3.63) is 53.9 Å². The number of carbonyl (C=O) groups is 1. The molecule has 0 fully saturated rings. The van der Waals surface area contributed by atoms with Crippen LogP contribution in [0.4, 0.5) is 23.7 Å². The fraction of sp³-hybridized carbons (Fsp3) is 0.222. The van der Waals surface area contributed by atoms with E-state index < -0.39 is 17.8 Å². The van der Waals surface area contributed by atoms with Gasteiger partial charge in [-0.3, -0.25) is 4.98 Å². The minimum Gasteiger partial charge on any atom is -0.479 e. The number of benzene rings is 1. The largest absolute Gasteiger partial charge is 0.479 e. The van der Waals surface area contributed by atoms with E-state index >= 15 is 0 Å². The number of nitrogens with one attached hydrogen (secondary N) is 2. The molecule has 0 spiro atoms. The minimum atomic E-state index is -4.55. The molecule has 2 N–H and O–H groups in total. The van der Waals surface area contributed by atoms with Crippen LogP contribution in [0.25, 0.3) is 0 Å². The van der Waals surface area contributed by atoms with Gasteiger partial charge in [-0.15, -0.1) is 0 Å². The van der Waals surface area contributed by atoms with Crippen LogP contribution in [0, 0.1) is 18.8 Å². The number of nitrogens with zero attached hydrogens (tertiary/aromatic N) is 1. The van der Waals surface area contributed by atoms with E-state index in [1.807, 2.05) is 6.92 Å². The number of urea groups is 1. The molecule has 1 heterocycles. The standard InChI is InChI=1S/C18H16F3N3O2/c1-13-8-9-14(12-23-13)26-11-5-4-10-22-17(25)24-16-7-3-2-6-15(16)18(19,20)21/h2-3,6-9,12H,10-11H2,1H3,(H2,22,24,25). The monoisotopic (exact) mass is 363 g/mol. The second-order valence-electron chi connectivity index (χ2n) is 5.13. The molecule has 8 heteroatoms. The van der Waals surface area contributed by atoms with Gasteiger partial charge in [0.2, 0.25) is 0 Å². The summed E-state index contributed by atoms with van der Waals surface area (Å²) in [6.45, 7) is 1.92. The van der Waals surface area contributed by atoms with Gasteiger partial charge in [0.15, 0.2) is 0 Å². The van der Waals surface area contributed by atoms with Crippen molar-refractivity contribution in [1.29, 1.82) is 0 Å². The first-order valence-electron chi connectivity index (χ1n) is 7.58. The van der Waals surface area contributed by atoms with Gasteiger partial charge in [0.05, 0.1) is 24.0 Å². The third kappa shape index (κ3) is 6.02. The number of hydrogen-bond acceptors (Lipinski definition) is 3. The van der Waals surface area contributed by atoms with E-state index in [0.29, 0.717) is 5.75 Å². The zero-order valence-electron chi connectivity index (χ0n) is 13.9. The summed E-state index contributed by atoms with van der Waals surface area (Å²) in [4.78, 5) is 15.7. The van der Waals surface area contributed by atoms with Crippen LogP contribution in [0.5, 0.6) is 5.75 Å². The maximum Gasteiger partial charge on any atom is 0.418 e. The summed E-state index contributed by atoms with van der Waals surface area (Å²) in [6.07, 6.45) is -2.98. The van der Waals surface area contributed by atoms with Crippen LogP contribution >= 0.6 is 0 Å². The topological polar surface area (TPSA) is 63.2 Å². The average molecular weight is 363 g/mol. The molecule has 5 nitrogen and oxygen atoms in total. The lowest BCUT2D eigenvalue weighted by Gasteiger charge is -2.13. The summed E-state index contributed by atoms with van der Waals surface area (Å²) >= 11 is 0. The van der Waals surface area contributed by atoms with Gasteiger partial charge in [0, 0.05) is 5.69 Å². The molecule has 1 aromatic carbocycles. The maximum absolute atomic E-state index is 12.8. The zero-order chi connectivity index (χ0) is 19.0. The van der Waals surface area contributed by atoms with E-state index in [-0.39, 0.29) is 18.8 Å². The highest BCUT2D eigenvalue weighted by Crippen LogP contribution is 2.34. The predicted octanol–water partition coefficient (Wildman–Crippen LogP) is 3.61. The number of alkyl halides is 3. The summed E-state index contributed by atoms with van der Waals surface area (Å²) in [5, 5.41) is 4.52. The lowest BCUT2D eigenvalue weighted by molar-refractivity contribution is -0.136. The molecule has 2 amide bonds. The van der Waals surface area contributed by atoms with Gasteiger partial charge < -0.3 is 15.4 Å². The molecule has 0 bridgehead atoms. The number of aryl methyl sites for hydroxylation is 1. The Morgan fingerprint density at radius 3 is 2.65 bits per heavy atom. The molecule has 136 valence electrons. The summed E-state index contributed by atoms with van der Waals surface area (Å²) in [5.74, 6) is 5.89. The molecule has 0 aliphatic carbocycles. The number of hydrogen-bond donors (Lipinski definition) is 2. The normalized spacial score (nSPS) is 10.5. The molecular weight excluding hydrogens is 347 g/mol. The van der Waals surface area contributed by atoms with E-state index in [4.69, 9.17) is 4.74 Å². The van der Waals surface area contributed by atoms with Crippen molar-refractivity contribution in [3.8, 4) is 17.6 Å².